The van der Waals surface area contributed by atoms with Crippen molar-refractivity contribution in [2.24, 2.45) is 0 Å². The molecule has 0 spiro atoms. The van der Waals surface area contributed by atoms with Crippen LogP contribution in [-0.4, -0.2) is 7.05 Å². The Kier molecular flexibility index (Phi) is 4.05. The summed E-state index contributed by atoms with van der Waals surface area (Å²) in [7, 11) is 1.87. The van der Waals surface area contributed by atoms with Gasteiger partial charge in [-0.3, -0.25) is 0 Å². The van der Waals surface area contributed by atoms with Crippen molar-refractivity contribution in [3.8, 4) is 0 Å². The second kappa shape index (κ2) is 5.74. The summed E-state index contributed by atoms with van der Waals surface area (Å²) in [5.74, 6) is -0.770. The first-order valence-corrected chi connectivity index (χ1v) is 5.85. The van der Waals surface area contributed by atoms with Crippen LogP contribution in [0.1, 0.15) is 16.7 Å². The molecule has 1 N–H and O–H groups in total. The van der Waals surface area contributed by atoms with Crippen molar-refractivity contribution < 1.29 is 8.78 Å². The van der Waals surface area contributed by atoms with E-state index in [1.54, 1.807) is 0 Å². The molecule has 0 aliphatic rings. The highest BCUT2D eigenvalue weighted by Gasteiger charge is 2.05. The first-order chi connectivity index (χ1) is 8.69. The lowest BCUT2D eigenvalue weighted by Gasteiger charge is -2.06. The van der Waals surface area contributed by atoms with E-state index < -0.39 is 5.82 Å². The molecule has 0 fully saturated rings. The van der Waals surface area contributed by atoms with Crippen LogP contribution in [-0.2, 0) is 13.0 Å². The number of hydrogen-bond donors (Lipinski definition) is 1. The third-order valence-electron chi connectivity index (χ3n) is 2.77. The van der Waals surface area contributed by atoms with Crippen LogP contribution >= 0.6 is 0 Å². The van der Waals surface area contributed by atoms with Gasteiger partial charge < -0.3 is 5.32 Å². The quantitative estimate of drug-likeness (QED) is 0.874. The molecule has 0 bridgehead atoms. The normalized spacial score (nSPS) is 10.6. The minimum Gasteiger partial charge on any atom is -0.316 e. The lowest BCUT2D eigenvalue weighted by Crippen LogP contribution is -2.05. The predicted molar refractivity (Wildman–Crippen MR) is 68.4 cm³/mol. The molecular weight excluding hydrogens is 232 g/mol. The number of halogens is 2. The summed E-state index contributed by atoms with van der Waals surface area (Å²) in [6, 6.07) is 11.4. The summed E-state index contributed by atoms with van der Waals surface area (Å²) < 4.78 is 26.6. The molecule has 0 saturated carbocycles. The molecule has 3 heteroatoms. The predicted octanol–water partition coefficient (Wildman–Crippen LogP) is 3.28. The standard InChI is InChI=1S/C15H15F2N/c1-18-10-12-4-2-3-11(7-12)8-13-9-14(16)5-6-15(13)17/h2-7,9,18H,8,10H2,1H3. The van der Waals surface area contributed by atoms with Crippen LogP contribution < -0.4 is 5.32 Å². The molecule has 0 amide bonds. The number of benzene rings is 2. The van der Waals surface area contributed by atoms with E-state index in [-0.39, 0.29) is 5.82 Å². The number of nitrogens with one attached hydrogen (secondary N) is 1. The molecule has 0 radical (unpaired) electrons. The van der Waals surface area contributed by atoms with Crippen molar-refractivity contribution in [1.29, 1.82) is 0 Å². The summed E-state index contributed by atoms with van der Waals surface area (Å²) >= 11 is 0. The first-order valence-electron chi connectivity index (χ1n) is 5.85. The van der Waals surface area contributed by atoms with Gasteiger partial charge in [-0.05, 0) is 41.9 Å². The average molecular weight is 247 g/mol. The van der Waals surface area contributed by atoms with E-state index in [1.165, 1.54) is 12.1 Å². The highest BCUT2D eigenvalue weighted by atomic mass is 19.1. The van der Waals surface area contributed by atoms with E-state index in [1.807, 2.05) is 31.3 Å². The molecule has 0 aliphatic heterocycles. The summed E-state index contributed by atoms with van der Waals surface area (Å²) in [6.07, 6.45) is 0.404. The van der Waals surface area contributed by atoms with E-state index >= 15 is 0 Å². The maximum absolute atomic E-state index is 13.5. The fourth-order valence-corrected chi connectivity index (χ4v) is 1.95. The van der Waals surface area contributed by atoms with Crippen LogP contribution in [0.15, 0.2) is 42.5 Å². The van der Waals surface area contributed by atoms with Crippen LogP contribution in [0.2, 0.25) is 0 Å². The van der Waals surface area contributed by atoms with Gasteiger partial charge in [0.1, 0.15) is 11.6 Å². The van der Waals surface area contributed by atoms with Gasteiger partial charge in [0.25, 0.3) is 0 Å². The summed E-state index contributed by atoms with van der Waals surface area (Å²) in [4.78, 5) is 0. The zero-order valence-electron chi connectivity index (χ0n) is 10.2. The Morgan fingerprint density at radius 2 is 1.78 bits per heavy atom. The largest absolute Gasteiger partial charge is 0.316 e. The fraction of sp³-hybridized carbons (Fsp3) is 0.200. The van der Waals surface area contributed by atoms with Crippen molar-refractivity contribution in [2.45, 2.75) is 13.0 Å². The van der Waals surface area contributed by atoms with Crippen LogP contribution in [0.4, 0.5) is 8.78 Å². The minimum atomic E-state index is -0.405. The summed E-state index contributed by atoms with van der Waals surface area (Å²) in [5, 5.41) is 3.06. The van der Waals surface area contributed by atoms with E-state index in [4.69, 9.17) is 0 Å². The van der Waals surface area contributed by atoms with Gasteiger partial charge in [0.05, 0.1) is 0 Å². The molecular formula is C15H15F2N. The van der Waals surface area contributed by atoms with Gasteiger partial charge in [-0.25, -0.2) is 8.78 Å². The van der Waals surface area contributed by atoms with Gasteiger partial charge in [-0.2, -0.15) is 0 Å². The fourth-order valence-electron chi connectivity index (χ4n) is 1.95. The Bertz CT molecular complexity index is 538. The van der Waals surface area contributed by atoms with Crippen molar-refractivity contribution in [3.63, 3.8) is 0 Å². The molecule has 0 atom stereocenters. The van der Waals surface area contributed by atoms with E-state index in [0.717, 1.165) is 23.7 Å². The van der Waals surface area contributed by atoms with Crippen molar-refractivity contribution in [3.05, 3.63) is 70.8 Å². The molecule has 2 rings (SSSR count). The minimum absolute atomic E-state index is 0.365. The summed E-state index contributed by atoms with van der Waals surface area (Å²) in [5.41, 5.74) is 2.50. The highest BCUT2D eigenvalue weighted by molar-refractivity contribution is 5.30. The second-order valence-electron chi connectivity index (χ2n) is 4.26. The van der Waals surface area contributed by atoms with Crippen molar-refractivity contribution in [2.75, 3.05) is 7.05 Å². The van der Waals surface area contributed by atoms with E-state index in [2.05, 4.69) is 5.32 Å². The molecule has 2 aromatic rings. The first kappa shape index (κ1) is 12.7. The number of hydrogen-bond acceptors (Lipinski definition) is 1. The summed E-state index contributed by atoms with van der Waals surface area (Å²) in [6.45, 7) is 0.763. The molecule has 0 aromatic heterocycles. The number of rotatable bonds is 4. The Labute approximate surface area is 105 Å². The van der Waals surface area contributed by atoms with Gasteiger partial charge in [0, 0.05) is 13.0 Å². The van der Waals surface area contributed by atoms with Gasteiger partial charge >= 0.3 is 0 Å². The van der Waals surface area contributed by atoms with Crippen LogP contribution in [0.25, 0.3) is 0 Å². The third-order valence-corrected chi connectivity index (χ3v) is 2.77. The molecule has 0 saturated heterocycles. The highest BCUT2D eigenvalue weighted by Crippen LogP contribution is 2.16. The van der Waals surface area contributed by atoms with E-state index in [0.29, 0.717) is 12.0 Å². The molecule has 0 unspecified atom stereocenters. The molecule has 0 heterocycles. The zero-order valence-corrected chi connectivity index (χ0v) is 10.2. The molecule has 1 nitrogen and oxygen atoms in total. The Balaban J connectivity index is 2.22. The Morgan fingerprint density at radius 1 is 1.00 bits per heavy atom. The van der Waals surface area contributed by atoms with Gasteiger partial charge in [0.2, 0.25) is 0 Å². The van der Waals surface area contributed by atoms with Crippen LogP contribution in [0.5, 0.6) is 0 Å². The molecule has 94 valence electrons. The SMILES string of the molecule is CNCc1cccc(Cc2cc(F)ccc2F)c1. The third kappa shape index (κ3) is 3.14. The van der Waals surface area contributed by atoms with Crippen LogP contribution in [0.3, 0.4) is 0 Å². The smallest absolute Gasteiger partial charge is 0.126 e. The lowest BCUT2D eigenvalue weighted by atomic mass is 10.0. The van der Waals surface area contributed by atoms with Gasteiger partial charge in [0.15, 0.2) is 0 Å². The van der Waals surface area contributed by atoms with Crippen molar-refractivity contribution >= 4 is 0 Å². The monoisotopic (exact) mass is 247 g/mol. The van der Waals surface area contributed by atoms with Crippen molar-refractivity contribution in [1.82, 2.24) is 5.32 Å². The van der Waals surface area contributed by atoms with Gasteiger partial charge in [-0.1, -0.05) is 24.3 Å². The topological polar surface area (TPSA) is 12.0 Å². The lowest BCUT2D eigenvalue weighted by molar-refractivity contribution is 0.588. The van der Waals surface area contributed by atoms with E-state index in [9.17, 15) is 8.78 Å². The average Bonchev–Trinajstić information content (AvgIpc) is 2.35. The Hall–Kier alpha value is -1.74. The maximum atomic E-state index is 13.5. The molecule has 2 aromatic carbocycles. The maximum Gasteiger partial charge on any atom is 0.126 e. The van der Waals surface area contributed by atoms with Gasteiger partial charge in [-0.15, -0.1) is 0 Å². The second-order valence-corrected chi connectivity index (χ2v) is 4.26. The molecule has 18 heavy (non-hydrogen) atoms. The molecule has 0 aliphatic carbocycles. The zero-order chi connectivity index (χ0) is 13.0. The van der Waals surface area contributed by atoms with Crippen LogP contribution in [0, 0.1) is 11.6 Å². The Morgan fingerprint density at radius 3 is 2.56 bits per heavy atom.